The summed E-state index contributed by atoms with van der Waals surface area (Å²) in [6.07, 6.45) is 17.0. The van der Waals surface area contributed by atoms with Gasteiger partial charge in [-0.3, -0.25) is 4.99 Å². The van der Waals surface area contributed by atoms with Crippen LogP contribution in [0.3, 0.4) is 0 Å². The van der Waals surface area contributed by atoms with Crippen molar-refractivity contribution in [1.29, 1.82) is 0 Å². The Balaban J connectivity index is 1.20. The van der Waals surface area contributed by atoms with E-state index in [4.69, 9.17) is 0 Å². The van der Waals surface area contributed by atoms with Crippen molar-refractivity contribution in [1.82, 2.24) is 0 Å². The van der Waals surface area contributed by atoms with Gasteiger partial charge in [-0.25, -0.2) is 0 Å². The number of rotatable bonds is 6. The number of allylic oxidation sites excluding steroid dienone is 6. The summed E-state index contributed by atoms with van der Waals surface area (Å²) in [6, 6.07) is 52.9. The van der Waals surface area contributed by atoms with Gasteiger partial charge >= 0.3 is 0 Å². The van der Waals surface area contributed by atoms with Crippen LogP contribution in [0.1, 0.15) is 30.0 Å². The molecule has 264 valence electrons. The lowest BCUT2D eigenvalue weighted by Gasteiger charge is -2.28. The van der Waals surface area contributed by atoms with Crippen LogP contribution in [-0.4, -0.2) is 12.8 Å². The van der Waals surface area contributed by atoms with E-state index in [0.29, 0.717) is 6.54 Å². The van der Waals surface area contributed by atoms with Crippen molar-refractivity contribution in [3.8, 4) is 33.4 Å². The molecular formula is C53H42N2. The second-order valence-electron chi connectivity index (χ2n) is 14.3. The van der Waals surface area contributed by atoms with Gasteiger partial charge in [-0.15, -0.1) is 0 Å². The monoisotopic (exact) mass is 706 g/mol. The van der Waals surface area contributed by atoms with Crippen molar-refractivity contribution in [3.05, 3.63) is 211 Å². The normalized spacial score (nSPS) is 15.7. The largest absolute Gasteiger partial charge is 0.313 e. The summed E-state index contributed by atoms with van der Waals surface area (Å²) >= 11 is 0. The maximum atomic E-state index is 4.67. The van der Waals surface area contributed by atoms with Gasteiger partial charge in [-0.05, 0) is 146 Å². The molecule has 1 heterocycles. The lowest BCUT2D eigenvalue weighted by Crippen LogP contribution is -2.23. The van der Waals surface area contributed by atoms with Gasteiger partial charge in [0.05, 0.1) is 6.54 Å². The smallest absolute Gasteiger partial charge is 0.0795 e. The van der Waals surface area contributed by atoms with E-state index >= 15 is 0 Å². The molecule has 0 radical (unpaired) electrons. The van der Waals surface area contributed by atoms with Gasteiger partial charge in [0.15, 0.2) is 0 Å². The summed E-state index contributed by atoms with van der Waals surface area (Å²) in [7, 11) is 0. The lowest BCUT2D eigenvalue weighted by atomic mass is 9.80. The van der Waals surface area contributed by atoms with Gasteiger partial charge in [0.2, 0.25) is 0 Å². The molecule has 55 heavy (non-hydrogen) atoms. The van der Waals surface area contributed by atoms with Crippen molar-refractivity contribution >= 4 is 45.1 Å². The third-order valence-corrected chi connectivity index (χ3v) is 10.9. The minimum atomic E-state index is 0.554. The zero-order chi connectivity index (χ0) is 37.1. The molecule has 0 fully saturated rings. The van der Waals surface area contributed by atoms with Crippen LogP contribution in [0, 0.1) is 0 Å². The molecule has 2 aliphatic rings. The van der Waals surface area contributed by atoms with Gasteiger partial charge < -0.3 is 4.90 Å². The predicted molar refractivity (Wildman–Crippen MR) is 237 cm³/mol. The minimum absolute atomic E-state index is 0.554. The van der Waals surface area contributed by atoms with E-state index in [1.807, 2.05) is 24.4 Å². The highest BCUT2D eigenvalue weighted by Crippen LogP contribution is 2.46. The van der Waals surface area contributed by atoms with Gasteiger partial charge in [-0.2, -0.15) is 0 Å². The van der Waals surface area contributed by atoms with E-state index < -0.39 is 0 Å². The van der Waals surface area contributed by atoms with E-state index in [1.165, 1.54) is 77.2 Å². The number of para-hydroxylation sites is 1. The van der Waals surface area contributed by atoms with Crippen LogP contribution >= 0.6 is 0 Å². The highest BCUT2D eigenvalue weighted by atomic mass is 15.2. The quantitative estimate of drug-likeness (QED) is 0.168. The maximum Gasteiger partial charge on any atom is 0.0795 e. The summed E-state index contributed by atoms with van der Waals surface area (Å²) in [5.74, 6) is 0. The average molecular weight is 707 g/mol. The zero-order valence-electron chi connectivity index (χ0n) is 31.1. The summed E-state index contributed by atoms with van der Waals surface area (Å²) in [4.78, 5) is 6.86. The Morgan fingerprint density at radius 3 is 2.13 bits per heavy atom. The standard InChI is InChI=1S/C53H42N2/c1-37(28-31-45-36-54-32-16-17-38(2)55(45)44-22-10-5-11-23-44)43-33-41-29-30-42(34-51(41)50(35-43)39-18-6-3-7-19-39)53-48-26-14-12-24-46(48)52(40-20-8-4-9-21-40)47-25-13-15-27-49(47)53/h3-14,16-26,28-35H,2,15,27,36H2,1H3/b17-16-,37-28+,45-31+,54-32?. The Morgan fingerprint density at radius 1 is 0.673 bits per heavy atom. The van der Waals surface area contributed by atoms with Crippen LogP contribution in [0.25, 0.3) is 66.6 Å². The number of benzene rings is 7. The Hall–Kier alpha value is -6.77. The second kappa shape index (κ2) is 14.9. The maximum absolute atomic E-state index is 4.67. The Morgan fingerprint density at radius 2 is 1.36 bits per heavy atom. The number of aliphatic imine (C=N–C) groups is 1. The second-order valence-corrected chi connectivity index (χ2v) is 14.3. The molecule has 0 saturated carbocycles. The first-order valence-electron chi connectivity index (χ1n) is 19.2. The van der Waals surface area contributed by atoms with Crippen LogP contribution in [-0.2, 0) is 6.42 Å². The fourth-order valence-corrected chi connectivity index (χ4v) is 8.27. The highest BCUT2D eigenvalue weighted by Gasteiger charge is 2.22. The summed E-state index contributed by atoms with van der Waals surface area (Å²) < 4.78 is 0. The molecule has 2 heteroatoms. The molecule has 2 nitrogen and oxygen atoms in total. The molecule has 0 amide bonds. The van der Waals surface area contributed by atoms with E-state index in [9.17, 15) is 0 Å². The topological polar surface area (TPSA) is 15.6 Å². The first-order valence-corrected chi connectivity index (χ1v) is 19.2. The van der Waals surface area contributed by atoms with Crippen molar-refractivity contribution in [2.75, 3.05) is 11.4 Å². The third-order valence-electron chi connectivity index (χ3n) is 10.9. The molecule has 1 aliphatic heterocycles. The average Bonchev–Trinajstić information content (AvgIpc) is 3.24. The third kappa shape index (κ3) is 6.57. The molecule has 0 bridgehead atoms. The van der Waals surface area contributed by atoms with E-state index in [1.54, 1.807) is 0 Å². The molecule has 0 spiro atoms. The number of nitrogens with zero attached hydrogens (tertiary/aromatic N) is 2. The van der Waals surface area contributed by atoms with Crippen LogP contribution in [0.5, 0.6) is 0 Å². The number of hydrogen-bond donors (Lipinski definition) is 0. The Kier molecular flexibility index (Phi) is 9.24. The SMILES string of the molecule is C=C1/C=C\C=NC/C(=C\C=C(/C)c2cc(-c3ccccc3)c3cc(-c4c5c(c(-c6ccccc6)c6ccccc46)C=CCC5)ccc3c2)N1c1ccccc1. The molecule has 0 unspecified atom stereocenters. The molecule has 0 saturated heterocycles. The molecule has 7 aromatic rings. The molecule has 7 aromatic carbocycles. The molecule has 9 rings (SSSR count). The molecule has 0 aromatic heterocycles. The van der Waals surface area contributed by atoms with Crippen molar-refractivity contribution < 1.29 is 0 Å². The van der Waals surface area contributed by atoms with Gasteiger partial charge in [0.1, 0.15) is 0 Å². The zero-order valence-corrected chi connectivity index (χ0v) is 31.1. The number of fused-ring (bicyclic) bond motifs is 3. The number of anilines is 1. The Labute approximate surface area is 324 Å². The fourth-order valence-electron chi connectivity index (χ4n) is 8.27. The van der Waals surface area contributed by atoms with Crippen molar-refractivity contribution in [2.45, 2.75) is 19.8 Å². The Bertz CT molecular complexity index is 2730. The van der Waals surface area contributed by atoms with Crippen LogP contribution < -0.4 is 4.90 Å². The molecule has 1 aliphatic carbocycles. The first kappa shape index (κ1) is 34.0. The van der Waals surface area contributed by atoms with E-state index in [0.717, 1.165) is 29.9 Å². The van der Waals surface area contributed by atoms with Crippen LogP contribution in [0.4, 0.5) is 5.69 Å². The first-order chi connectivity index (χ1) is 27.1. The summed E-state index contributed by atoms with van der Waals surface area (Å²) in [6.45, 7) is 7.15. The van der Waals surface area contributed by atoms with Crippen LogP contribution in [0.15, 0.2) is 199 Å². The van der Waals surface area contributed by atoms with Gasteiger partial charge in [0, 0.05) is 23.3 Å². The predicted octanol–water partition coefficient (Wildman–Crippen LogP) is 13.9. The summed E-state index contributed by atoms with van der Waals surface area (Å²) in [5.41, 5.74) is 15.8. The molecular weight excluding hydrogens is 665 g/mol. The summed E-state index contributed by atoms with van der Waals surface area (Å²) in [5, 5.41) is 5.07. The van der Waals surface area contributed by atoms with Crippen molar-refractivity contribution in [3.63, 3.8) is 0 Å². The lowest BCUT2D eigenvalue weighted by molar-refractivity contribution is 0.991. The highest BCUT2D eigenvalue weighted by molar-refractivity contribution is 6.11. The minimum Gasteiger partial charge on any atom is -0.313 e. The number of hydrogen-bond acceptors (Lipinski definition) is 2. The van der Waals surface area contributed by atoms with Gasteiger partial charge in [0.25, 0.3) is 0 Å². The fraction of sp³-hybridized carbons (Fsp3) is 0.0755. The molecule has 0 N–H and O–H groups in total. The van der Waals surface area contributed by atoms with Crippen LogP contribution in [0.2, 0.25) is 0 Å². The molecule has 0 atom stereocenters. The van der Waals surface area contributed by atoms with E-state index in [-0.39, 0.29) is 0 Å². The van der Waals surface area contributed by atoms with E-state index in [2.05, 4.69) is 187 Å². The van der Waals surface area contributed by atoms with Gasteiger partial charge in [-0.1, -0.05) is 140 Å². The van der Waals surface area contributed by atoms with Crippen molar-refractivity contribution in [2.24, 2.45) is 4.99 Å².